The summed E-state index contributed by atoms with van der Waals surface area (Å²) in [6.07, 6.45) is 0. The average molecular weight is 282 g/mol. The van der Waals surface area contributed by atoms with Gasteiger partial charge in [-0.25, -0.2) is 0 Å². The van der Waals surface area contributed by atoms with Crippen molar-refractivity contribution in [3.8, 4) is 0 Å². The highest BCUT2D eigenvalue weighted by atomic mass is 79.9. The first kappa shape index (κ1) is 8.70. The topological polar surface area (TPSA) is 0 Å². The minimum absolute atomic E-state index is 0.899. The average Bonchev–Trinajstić information content (AvgIpc) is 1.94. The van der Waals surface area contributed by atoms with E-state index >= 15 is 0 Å². The highest BCUT2D eigenvalue weighted by Gasteiger charge is 1.96. The van der Waals surface area contributed by atoms with Gasteiger partial charge in [0.05, 0.1) is 0 Å². The van der Waals surface area contributed by atoms with Crippen LogP contribution in [0.3, 0.4) is 0 Å². The normalized spacial score (nSPS) is 9.90. The molecule has 0 spiro atoms. The summed E-state index contributed by atoms with van der Waals surface area (Å²) in [5.41, 5.74) is 1.28. The molecule has 0 aromatic heterocycles. The molecule has 0 N–H and O–H groups in total. The van der Waals surface area contributed by atoms with Crippen LogP contribution in [0.15, 0.2) is 22.7 Å². The Bertz CT molecular complexity index is 235. The van der Waals surface area contributed by atoms with Gasteiger partial charge in [0, 0.05) is 9.80 Å². The lowest BCUT2D eigenvalue weighted by atomic mass is 10.2. The molecule has 3 heteroatoms. The second-order valence-corrected chi connectivity index (χ2v) is 4.07. The summed E-state index contributed by atoms with van der Waals surface area (Å²) in [6.45, 7) is 0. The summed E-state index contributed by atoms with van der Waals surface area (Å²) in [5.74, 6) is 0. The zero-order chi connectivity index (χ0) is 7.56. The molecule has 0 bridgehead atoms. The molecular weight excluding hydrogens is 275 g/mol. The van der Waals surface area contributed by atoms with Crippen LogP contribution in [0, 0.1) is 0 Å². The fraction of sp³-hybridized carbons (Fsp3) is 0.143. The second-order valence-electron chi connectivity index (χ2n) is 1.98. The molecule has 0 heterocycles. The van der Waals surface area contributed by atoms with Crippen molar-refractivity contribution in [2.75, 3.05) is 0 Å². The standard InChI is InChI=1S/C7H7Br2P/c8-4-5-3-6(10)1-2-7(5)9/h1-3H,4,10H2. The van der Waals surface area contributed by atoms with Crippen molar-refractivity contribution in [2.24, 2.45) is 0 Å². The quantitative estimate of drug-likeness (QED) is 0.549. The maximum absolute atomic E-state index is 3.45. The van der Waals surface area contributed by atoms with Crippen LogP contribution in [0.2, 0.25) is 0 Å². The van der Waals surface area contributed by atoms with Crippen LogP contribution in [0.1, 0.15) is 5.56 Å². The number of hydrogen-bond acceptors (Lipinski definition) is 0. The van der Waals surface area contributed by atoms with Gasteiger partial charge < -0.3 is 0 Å². The van der Waals surface area contributed by atoms with Crippen LogP contribution < -0.4 is 5.30 Å². The third-order valence-corrected chi connectivity index (χ3v) is 2.95. The van der Waals surface area contributed by atoms with Crippen molar-refractivity contribution >= 4 is 46.4 Å². The van der Waals surface area contributed by atoms with Gasteiger partial charge in [-0.1, -0.05) is 37.9 Å². The van der Waals surface area contributed by atoms with Crippen LogP contribution in [-0.2, 0) is 5.33 Å². The predicted octanol–water partition coefficient (Wildman–Crippen LogP) is 2.84. The monoisotopic (exact) mass is 280 g/mol. The first-order valence-electron chi connectivity index (χ1n) is 2.84. The molecule has 1 unspecified atom stereocenters. The highest BCUT2D eigenvalue weighted by Crippen LogP contribution is 2.17. The summed E-state index contributed by atoms with van der Waals surface area (Å²) >= 11 is 6.85. The minimum Gasteiger partial charge on any atom is -0.106 e. The Morgan fingerprint density at radius 3 is 2.60 bits per heavy atom. The number of hydrogen-bond donors (Lipinski definition) is 0. The predicted molar refractivity (Wildman–Crippen MR) is 56.1 cm³/mol. The van der Waals surface area contributed by atoms with Gasteiger partial charge in [0.25, 0.3) is 0 Å². The molecule has 0 fully saturated rings. The maximum atomic E-state index is 3.45. The number of alkyl halides is 1. The Balaban J connectivity index is 3.09. The van der Waals surface area contributed by atoms with Crippen LogP contribution in [0.25, 0.3) is 0 Å². The Hall–Kier alpha value is 0.610. The largest absolute Gasteiger partial charge is 0.106 e. The van der Waals surface area contributed by atoms with Gasteiger partial charge in [0.1, 0.15) is 0 Å². The van der Waals surface area contributed by atoms with E-state index in [1.54, 1.807) is 0 Å². The molecule has 0 nitrogen and oxygen atoms in total. The van der Waals surface area contributed by atoms with E-state index in [0.29, 0.717) is 0 Å². The van der Waals surface area contributed by atoms with Crippen molar-refractivity contribution in [3.63, 3.8) is 0 Å². The molecule has 54 valence electrons. The van der Waals surface area contributed by atoms with Crippen molar-refractivity contribution in [2.45, 2.75) is 5.33 Å². The molecule has 0 saturated heterocycles. The third kappa shape index (κ3) is 2.05. The maximum Gasteiger partial charge on any atom is 0.0294 e. The number of halogens is 2. The van der Waals surface area contributed by atoms with E-state index < -0.39 is 0 Å². The first-order valence-corrected chi connectivity index (χ1v) is 5.33. The van der Waals surface area contributed by atoms with Gasteiger partial charge in [0.2, 0.25) is 0 Å². The van der Waals surface area contributed by atoms with Crippen molar-refractivity contribution in [1.29, 1.82) is 0 Å². The molecule has 1 aromatic rings. The van der Waals surface area contributed by atoms with E-state index in [1.807, 2.05) is 0 Å². The molecular formula is C7H7Br2P. The van der Waals surface area contributed by atoms with E-state index in [2.05, 4.69) is 59.3 Å². The fourth-order valence-electron chi connectivity index (χ4n) is 0.697. The van der Waals surface area contributed by atoms with E-state index in [0.717, 1.165) is 9.80 Å². The molecule has 0 aliphatic carbocycles. The van der Waals surface area contributed by atoms with Gasteiger partial charge in [-0.15, -0.1) is 9.24 Å². The Kier molecular flexibility index (Phi) is 3.35. The van der Waals surface area contributed by atoms with Gasteiger partial charge in [-0.05, 0) is 23.0 Å². The smallest absolute Gasteiger partial charge is 0.0294 e. The fourth-order valence-corrected chi connectivity index (χ4v) is 2.22. The lowest BCUT2D eigenvalue weighted by Gasteiger charge is -1.99. The first-order chi connectivity index (χ1) is 4.74. The van der Waals surface area contributed by atoms with Crippen LogP contribution in [0.5, 0.6) is 0 Å². The number of benzene rings is 1. The van der Waals surface area contributed by atoms with Crippen molar-refractivity contribution < 1.29 is 0 Å². The lowest BCUT2D eigenvalue weighted by molar-refractivity contribution is 1.42. The van der Waals surface area contributed by atoms with Gasteiger partial charge >= 0.3 is 0 Å². The van der Waals surface area contributed by atoms with Gasteiger partial charge in [-0.3, -0.25) is 0 Å². The van der Waals surface area contributed by atoms with E-state index in [1.165, 1.54) is 10.9 Å². The Morgan fingerprint density at radius 1 is 1.40 bits per heavy atom. The molecule has 0 amide bonds. The Morgan fingerprint density at radius 2 is 2.10 bits per heavy atom. The van der Waals surface area contributed by atoms with Crippen LogP contribution in [-0.4, -0.2) is 0 Å². The van der Waals surface area contributed by atoms with Crippen LogP contribution >= 0.6 is 41.1 Å². The summed E-state index contributed by atoms with van der Waals surface area (Å²) in [7, 11) is 2.67. The summed E-state index contributed by atoms with van der Waals surface area (Å²) in [5, 5.41) is 2.12. The lowest BCUT2D eigenvalue weighted by Crippen LogP contribution is -1.91. The third-order valence-electron chi connectivity index (χ3n) is 1.21. The van der Waals surface area contributed by atoms with Gasteiger partial charge in [0.15, 0.2) is 0 Å². The molecule has 0 aliphatic rings. The van der Waals surface area contributed by atoms with Crippen molar-refractivity contribution in [3.05, 3.63) is 28.2 Å². The summed E-state index contributed by atoms with van der Waals surface area (Å²) in [4.78, 5) is 0. The summed E-state index contributed by atoms with van der Waals surface area (Å²) < 4.78 is 1.16. The molecule has 0 aliphatic heterocycles. The second kappa shape index (κ2) is 3.85. The van der Waals surface area contributed by atoms with Gasteiger partial charge in [-0.2, -0.15) is 0 Å². The van der Waals surface area contributed by atoms with E-state index in [4.69, 9.17) is 0 Å². The zero-order valence-corrected chi connectivity index (χ0v) is 9.60. The van der Waals surface area contributed by atoms with Crippen LogP contribution in [0.4, 0.5) is 0 Å². The van der Waals surface area contributed by atoms with E-state index in [9.17, 15) is 0 Å². The van der Waals surface area contributed by atoms with Crippen molar-refractivity contribution in [1.82, 2.24) is 0 Å². The zero-order valence-electron chi connectivity index (χ0n) is 5.27. The molecule has 1 rings (SSSR count). The SMILES string of the molecule is Pc1ccc(Br)c(CBr)c1. The summed E-state index contributed by atoms with van der Waals surface area (Å²) in [6, 6.07) is 6.24. The highest BCUT2D eigenvalue weighted by molar-refractivity contribution is 9.10. The number of rotatable bonds is 1. The molecule has 0 saturated carbocycles. The molecule has 10 heavy (non-hydrogen) atoms. The molecule has 1 atom stereocenters. The van der Waals surface area contributed by atoms with E-state index in [-0.39, 0.29) is 0 Å². The minimum atomic E-state index is 0.899. The molecule has 1 aromatic carbocycles. The molecule has 0 radical (unpaired) electrons. The Labute approximate surface area is 79.9 Å².